The normalized spacial score (nSPS) is 36.9. The van der Waals surface area contributed by atoms with E-state index in [1.807, 2.05) is 0 Å². The van der Waals surface area contributed by atoms with Crippen LogP contribution in [0, 0.1) is 0 Å². The molecule has 2 fully saturated rings. The van der Waals surface area contributed by atoms with Crippen molar-refractivity contribution in [1.82, 2.24) is 15.1 Å². The second kappa shape index (κ2) is 5.03. The molecule has 0 aromatic carbocycles. The van der Waals surface area contributed by atoms with Gasteiger partial charge in [0.05, 0.1) is 0 Å². The van der Waals surface area contributed by atoms with E-state index in [4.69, 9.17) is 0 Å². The summed E-state index contributed by atoms with van der Waals surface area (Å²) < 4.78 is 0. The van der Waals surface area contributed by atoms with Gasteiger partial charge in [0, 0.05) is 30.7 Å². The van der Waals surface area contributed by atoms with Crippen molar-refractivity contribution >= 4 is 0 Å². The number of piperidine rings is 1. The maximum Gasteiger partial charge on any atom is 0.0189 e. The summed E-state index contributed by atoms with van der Waals surface area (Å²) in [6.45, 7) is 3.59. The van der Waals surface area contributed by atoms with Crippen LogP contribution < -0.4 is 5.32 Å². The average Bonchev–Trinajstić information content (AvgIpc) is 2.51. The largest absolute Gasteiger partial charge is 0.317 e. The number of nitrogens with zero attached hydrogens (tertiary/aromatic N) is 2. The number of nitrogens with one attached hydrogen (secondary N) is 1. The molecule has 0 saturated carbocycles. The molecule has 0 aromatic rings. The van der Waals surface area contributed by atoms with Crippen LogP contribution in [0.5, 0.6) is 0 Å². The van der Waals surface area contributed by atoms with E-state index in [1.54, 1.807) is 0 Å². The first-order valence-corrected chi connectivity index (χ1v) is 6.71. The Kier molecular flexibility index (Phi) is 3.88. The molecule has 0 spiro atoms. The van der Waals surface area contributed by atoms with E-state index in [1.165, 1.54) is 32.2 Å². The van der Waals surface area contributed by atoms with Gasteiger partial charge in [-0.05, 0) is 53.8 Å². The van der Waals surface area contributed by atoms with Gasteiger partial charge in [0.15, 0.2) is 0 Å². The molecule has 0 radical (unpaired) electrons. The van der Waals surface area contributed by atoms with Crippen LogP contribution in [0.1, 0.15) is 32.6 Å². The third-order valence-electron chi connectivity index (χ3n) is 4.65. The van der Waals surface area contributed by atoms with Crippen LogP contribution >= 0.6 is 0 Å². The fourth-order valence-electron chi connectivity index (χ4n) is 3.28. The predicted molar refractivity (Wildman–Crippen MR) is 68.7 cm³/mol. The number of hydrogen-bond acceptors (Lipinski definition) is 3. The first-order chi connectivity index (χ1) is 7.61. The Labute approximate surface area is 100 Å². The lowest BCUT2D eigenvalue weighted by Gasteiger charge is -2.41. The highest BCUT2D eigenvalue weighted by molar-refractivity contribution is 4.97. The SMILES string of the molecule is CNC1CC2CCC(C1)N2CC(C)N(C)C. The first-order valence-electron chi connectivity index (χ1n) is 6.71. The zero-order valence-electron chi connectivity index (χ0n) is 11.2. The van der Waals surface area contributed by atoms with Crippen LogP contribution in [-0.4, -0.2) is 61.7 Å². The van der Waals surface area contributed by atoms with E-state index in [2.05, 4.69) is 43.2 Å². The molecule has 1 N–H and O–H groups in total. The molecule has 16 heavy (non-hydrogen) atoms. The zero-order chi connectivity index (χ0) is 11.7. The summed E-state index contributed by atoms with van der Waals surface area (Å²) in [5.74, 6) is 0. The van der Waals surface area contributed by atoms with E-state index >= 15 is 0 Å². The molecule has 2 bridgehead atoms. The van der Waals surface area contributed by atoms with Gasteiger partial charge in [0.2, 0.25) is 0 Å². The summed E-state index contributed by atoms with van der Waals surface area (Å²) in [5.41, 5.74) is 0. The minimum atomic E-state index is 0.675. The van der Waals surface area contributed by atoms with Gasteiger partial charge in [-0.25, -0.2) is 0 Å². The molecule has 2 saturated heterocycles. The molecule has 2 heterocycles. The van der Waals surface area contributed by atoms with Gasteiger partial charge in [-0.3, -0.25) is 4.90 Å². The summed E-state index contributed by atoms with van der Waals surface area (Å²) in [4.78, 5) is 5.11. The molecule has 0 amide bonds. The quantitative estimate of drug-likeness (QED) is 0.774. The number of fused-ring (bicyclic) bond motifs is 2. The van der Waals surface area contributed by atoms with Gasteiger partial charge < -0.3 is 10.2 Å². The van der Waals surface area contributed by atoms with Crippen molar-refractivity contribution in [2.75, 3.05) is 27.7 Å². The van der Waals surface area contributed by atoms with E-state index in [-0.39, 0.29) is 0 Å². The van der Waals surface area contributed by atoms with Gasteiger partial charge in [-0.1, -0.05) is 0 Å². The topological polar surface area (TPSA) is 18.5 Å². The lowest BCUT2D eigenvalue weighted by Crippen LogP contribution is -2.51. The molecule has 94 valence electrons. The van der Waals surface area contributed by atoms with Gasteiger partial charge in [0.25, 0.3) is 0 Å². The molecule has 2 rings (SSSR count). The molecule has 3 heteroatoms. The van der Waals surface area contributed by atoms with Crippen molar-refractivity contribution in [1.29, 1.82) is 0 Å². The van der Waals surface area contributed by atoms with Crippen LogP contribution in [0.3, 0.4) is 0 Å². The highest BCUT2D eigenvalue weighted by Gasteiger charge is 2.40. The standard InChI is InChI=1S/C13H27N3/c1-10(15(3)4)9-16-12-5-6-13(16)8-11(7-12)14-2/h10-14H,5-9H2,1-4H3. The fraction of sp³-hybridized carbons (Fsp3) is 1.00. The van der Waals surface area contributed by atoms with Crippen molar-refractivity contribution in [3.8, 4) is 0 Å². The number of likely N-dealkylation sites (N-methyl/N-ethyl adjacent to an activating group) is 1. The van der Waals surface area contributed by atoms with Gasteiger partial charge in [-0.2, -0.15) is 0 Å². The molecular weight excluding hydrogens is 198 g/mol. The molecule has 0 aliphatic carbocycles. The van der Waals surface area contributed by atoms with Gasteiger partial charge >= 0.3 is 0 Å². The second-order valence-corrected chi connectivity index (χ2v) is 5.85. The monoisotopic (exact) mass is 225 g/mol. The molecule has 0 aromatic heterocycles. The Bertz CT molecular complexity index is 215. The lowest BCUT2D eigenvalue weighted by molar-refractivity contribution is 0.0906. The Morgan fingerprint density at radius 2 is 1.81 bits per heavy atom. The first kappa shape index (κ1) is 12.3. The summed E-state index contributed by atoms with van der Waals surface area (Å²) in [5, 5.41) is 3.46. The van der Waals surface area contributed by atoms with Crippen molar-refractivity contribution in [3.05, 3.63) is 0 Å². The molecule has 3 nitrogen and oxygen atoms in total. The number of hydrogen-bond donors (Lipinski definition) is 1. The molecule has 3 unspecified atom stereocenters. The van der Waals surface area contributed by atoms with Crippen LogP contribution in [0.2, 0.25) is 0 Å². The molecule has 3 atom stereocenters. The minimum Gasteiger partial charge on any atom is -0.317 e. The summed E-state index contributed by atoms with van der Waals surface area (Å²) in [7, 11) is 6.49. The van der Waals surface area contributed by atoms with Crippen LogP contribution in [0.15, 0.2) is 0 Å². The second-order valence-electron chi connectivity index (χ2n) is 5.85. The third-order valence-corrected chi connectivity index (χ3v) is 4.65. The molecule has 2 aliphatic heterocycles. The van der Waals surface area contributed by atoms with Crippen molar-refractivity contribution in [2.45, 2.75) is 56.8 Å². The molecule has 2 aliphatic rings. The van der Waals surface area contributed by atoms with E-state index in [0.717, 1.165) is 18.1 Å². The Morgan fingerprint density at radius 3 is 2.25 bits per heavy atom. The van der Waals surface area contributed by atoms with Crippen molar-refractivity contribution in [2.24, 2.45) is 0 Å². The summed E-state index contributed by atoms with van der Waals surface area (Å²) in [6.07, 6.45) is 5.55. The van der Waals surface area contributed by atoms with Crippen LogP contribution in [0.4, 0.5) is 0 Å². The Hall–Kier alpha value is -0.120. The van der Waals surface area contributed by atoms with Crippen molar-refractivity contribution < 1.29 is 0 Å². The molecular formula is C13H27N3. The van der Waals surface area contributed by atoms with E-state index < -0.39 is 0 Å². The maximum absolute atomic E-state index is 3.46. The number of rotatable bonds is 4. The van der Waals surface area contributed by atoms with E-state index in [0.29, 0.717) is 6.04 Å². The highest BCUT2D eigenvalue weighted by Crippen LogP contribution is 2.35. The third kappa shape index (κ3) is 2.41. The van der Waals surface area contributed by atoms with Crippen molar-refractivity contribution in [3.63, 3.8) is 0 Å². The maximum atomic E-state index is 3.46. The predicted octanol–water partition coefficient (Wildman–Crippen LogP) is 1.15. The highest BCUT2D eigenvalue weighted by atomic mass is 15.3. The summed E-state index contributed by atoms with van der Waals surface area (Å²) >= 11 is 0. The van der Waals surface area contributed by atoms with E-state index in [9.17, 15) is 0 Å². The Morgan fingerprint density at radius 1 is 1.25 bits per heavy atom. The minimum absolute atomic E-state index is 0.675. The summed E-state index contributed by atoms with van der Waals surface area (Å²) in [6, 6.07) is 3.13. The lowest BCUT2D eigenvalue weighted by atomic mass is 9.97. The fourth-order valence-corrected chi connectivity index (χ4v) is 3.28. The zero-order valence-corrected chi connectivity index (χ0v) is 11.2. The van der Waals surface area contributed by atoms with Gasteiger partial charge in [-0.15, -0.1) is 0 Å². The van der Waals surface area contributed by atoms with Crippen LogP contribution in [0.25, 0.3) is 0 Å². The van der Waals surface area contributed by atoms with Crippen LogP contribution in [-0.2, 0) is 0 Å². The Balaban J connectivity index is 1.93. The smallest absolute Gasteiger partial charge is 0.0189 e. The van der Waals surface area contributed by atoms with Gasteiger partial charge in [0.1, 0.15) is 0 Å². The average molecular weight is 225 g/mol.